The van der Waals surface area contributed by atoms with E-state index in [9.17, 15) is 14.0 Å². The molecule has 144 valence electrons. The van der Waals surface area contributed by atoms with Crippen molar-refractivity contribution in [1.29, 1.82) is 0 Å². The third-order valence-electron chi connectivity index (χ3n) is 4.82. The van der Waals surface area contributed by atoms with Gasteiger partial charge in [-0.3, -0.25) is 4.79 Å². The van der Waals surface area contributed by atoms with Crippen LogP contribution >= 0.6 is 0 Å². The second-order valence-corrected chi connectivity index (χ2v) is 6.71. The van der Waals surface area contributed by atoms with Crippen molar-refractivity contribution in [2.24, 2.45) is 5.73 Å². The van der Waals surface area contributed by atoms with E-state index >= 15 is 0 Å². The minimum atomic E-state index is -0.805. The molecule has 1 aromatic heterocycles. The van der Waals surface area contributed by atoms with Crippen molar-refractivity contribution >= 4 is 22.7 Å². The first-order chi connectivity index (χ1) is 13.5. The zero-order valence-corrected chi connectivity index (χ0v) is 15.0. The van der Waals surface area contributed by atoms with Crippen LogP contribution in [0.3, 0.4) is 0 Å². The third-order valence-corrected chi connectivity index (χ3v) is 4.82. The van der Waals surface area contributed by atoms with Gasteiger partial charge in [-0.15, -0.1) is 5.10 Å². The topological polar surface area (TPSA) is 90.5 Å². The van der Waals surface area contributed by atoms with E-state index in [1.54, 1.807) is 12.1 Å². The molecule has 2 heterocycles. The summed E-state index contributed by atoms with van der Waals surface area (Å²) in [4.78, 5) is 26.1. The Kier molecular flexibility index (Phi) is 4.68. The van der Waals surface area contributed by atoms with Crippen molar-refractivity contribution in [3.05, 3.63) is 64.7 Å². The van der Waals surface area contributed by atoms with Crippen LogP contribution in [0.4, 0.5) is 15.0 Å². The molecule has 1 amide bonds. The van der Waals surface area contributed by atoms with Gasteiger partial charge in [-0.2, -0.15) is 4.68 Å². The summed E-state index contributed by atoms with van der Waals surface area (Å²) in [5, 5.41) is 5.80. The minimum Gasteiger partial charge on any atom is -0.445 e. The van der Waals surface area contributed by atoms with Gasteiger partial charge in [-0.05, 0) is 43.2 Å². The number of piperidine rings is 1. The van der Waals surface area contributed by atoms with Gasteiger partial charge in [0.15, 0.2) is 5.82 Å². The van der Waals surface area contributed by atoms with Gasteiger partial charge in [0.2, 0.25) is 0 Å². The largest absolute Gasteiger partial charge is 0.445 e. The number of hydrogen-bond acceptors (Lipinski definition) is 5. The van der Waals surface area contributed by atoms with Crippen molar-refractivity contribution in [3.63, 3.8) is 0 Å². The average molecular weight is 382 g/mol. The SMILES string of the molecule is NC(=O)OC1CCCN(c2nn(-c3ccc(F)cc3)c(=O)c3ccccc23)C1. The molecule has 8 heteroatoms. The lowest BCUT2D eigenvalue weighted by Crippen LogP contribution is -2.42. The molecule has 28 heavy (non-hydrogen) atoms. The Labute approximate surface area is 160 Å². The molecule has 1 unspecified atom stereocenters. The van der Waals surface area contributed by atoms with Gasteiger partial charge in [0.05, 0.1) is 17.6 Å². The monoisotopic (exact) mass is 382 g/mol. The van der Waals surface area contributed by atoms with Gasteiger partial charge >= 0.3 is 6.09 Å². The van der Waals surface area contributed by atoms with E-state index in [4.69, 9.17) is 10.5 Å². The number of ether oxygens (including phenoxy) is 1. The van der Waals surface area contributed by atoms with Crippen molar-refractivity contribution < 1.29 is 13.9 Å². The molecule has 1 aliphatic heterocycles. The predicted octanol–water partition coefficient (Wildman–Crippen LogP) is 2.59. The Bertz CT molecular complexity index is 1080. The first kappa shape index (κ1) is 18.0. The molecule has 4 rings (SSSR count). The summed E-state index contributed by atoms with van der Waals surface area (Å²) in [6, 6.07) is 12.8. The van der Waals surface area contributed by atoms with Gasteiger partial charge in [-0.25, -0.2) is 9.18 Å². The van der Waals surface area contributed by atoms with Crippen LogP contribution in [0.2, 0.25) is 0 Å². The average Bonchev–Trinajstić information content (AvgIpc) is 2.69. The number of fused-ring (bicyclic) bond motifs is 1. The summed E-state index contributed by atoms with van der Waals surface area (Å²) < 4.78 is 19.7. The van der Waals surface area contributed by atoms with Crippen LogP contribution in [0.15, 0.2) is 53.3 Å². The number of carbonyl (C=O) groups is 1. The van der Waals surface area contributed by atoms with E-state index in [1.807, 2.05) is 17.0 Å². The van der Waals surface area contributed by atoms with Crippen LogP contribution in [-0.2, 0) is 4.74 Å². The molecule has 3 aromatic rings. The number of anilines is 1. The number of hydrogen-bond donors (Lipinski definition) is 1. The van der Waals surface area contributed by atoms with Gasteiger partial charge in [-0.1, -0.05) is 18.2 Å². The van der Waals surface area contributed by atoms with Gasteiger partial charge < -0.3 is 15.4 Å². The summed E-state index contributed by atoms with van der Waals surface area (Å²) in [6.45, 7) is 1.14. The van der Waals surface area contributed by atoms with Crippen molar-refractivity contribution in [1.82, 2.24) is 9.78 Å². The lowest BCUT2D eigenvalue weighted by molar-refractivity contribution is 0.0964. The molecule has 2 aromatic carbocycles. The van der Waals surface area contributed by atoms with E-state index in [1.165, 1.54) is 28.9 Å². The van der Waals surface area contributed by atoms with E-state index in [-0.39, 0.29) is 17.5 Å². The first-order valence-corrected chi connectivity index (χ1v) is 9.02. The summed E-state index contributed by atoms with van der Waals surface area (Å²) in [5.74, 6) is 0.220. The molecule has 0 saturated carbocycles. The lowest BCUT2D eigenvalue weighted by atomic mass is 10.1. The van der Waals surface area contributed by atoms with Crippen LogP contribution in [0.25, 0.3) is 16.5 Å². The summed E-state index contributed by atoms with van der Waals surface area (Å²) in [7, 11) is 0. The Morgan fingerprint density at radius 1 is 1.14 bits per heavy atom. The highest BCUT2D eigenvalue weighted by atomic mass is 19.1. The zero-order chi connectivity index (χ0) is 19.7. The number of nitrogens with zero attached hydrogens (tertiary/aromatic N) is 3. The smallest absolute Gasteiger partial charge is 0.404 e. The molecule has 7 nitrogen and oxygen atoms in total. The Balaban J connectivity index is 1.83. The van der Waals surface area contributed by atoms with E-state index in [2.05, 4.69) is 5.10 Å². The Morgan fingerprint density at radius 3 is 2.57 bits per heavy atom. The fraction of sp³-hybridized carbons (Fsp3) is 0.250. The zero-order valence-electron chi connectivity index (χ0n) is 15.0. The number of carbonyl (C=O) groups excluding carboxylic acids is 1. The highest BCUT2D eigenvalue weighted by Crippen LogP contribution is 2.26. The fourth-order valence-corrected chi connectivity index (χ4v) is 3.55. The molecule has 0 radical (unpaired) electrons. The van der Waals surface area contributed by atoms with Gasteiger partial charge in [0.25, 0.3) is 5.56 Å². The summed E-state index contributed by atoms with van der Waals surface area (Å²) in [6.07, 6.45) is 0.373. The van der Waals surface area contributed by atoms with Gasteiger partial charge in [0.1, 0.15) is 11.9 Å². The third kappa shape index (κ3) is 3.40. The van der Waals surface area contributed by atoms with E-state index in [0.29, 0.717) is 35.4 Å². The van der Waals surface area contributed by atoms with Crippen molar-refractivity contribution in [3.8, 4) is 5.69 Å². The number of rotatable bonds is 3. The minimum absolute atomic E-state index is 0.284. The molecule has 0 spiro atoms. The molecule has 1 atom stereocenters. The lowest BCUT2D eigenvalue weighted by Gasteiger charge is -2.33. The number of halogens is 1. The Morgan fingerprint density at radius 2 is 1.86 bits per heavy atom. The number of benzene rings is 2. The maximum Gasteiger partial charge on any atom is 0.404 e. The summed E-state index contributed by atoms with van der Waals surface area (Å²) in [5.41, 5.74) is 5.35. The number of primary amides is 1. The number of aromatic nitrogens is 2. The highest BCUT2D eigenvalue weighted by Gasteiger charge is 2.25. The molecule has 0 bridgehead atoms. The first-order valence-electron chi connectivity index (χ1n) is 9.02. The fourth-order valence-electron chi connectivity index (χ4n) is 3.55. The van der Waals surface area contributed by atoms with Crippen LogP contribution in [0.1, 0.15) is 12.8 Å². The quantitative estimate of drug-likeness (QED) is 0.752. The van der Waals surface area contributed by atoms with Crippen LogP contribution in [0.5, 0.6) is 0 Å². The molecule has 0 aliphatic carbocycles. The molecular formula is C20H19FN4O3. The standard InChI is InChI=1S/C20H19FN4O3/c21-13-7-9-14(10-8-13)25-19(26)17-6-2-1-5-16(17)18(23-25)24-11-3-4-15(12-24)28-20(22)27/h1-2,5-10,15H,3-4,11-12H2,(H2,22,27). The van der Waals surface area contributed by atoms with E-state index in [0.717, 1.165) is 12.8 Å². The molecule has 1 saturated heterocycles. The number of amides is 1. The number of nitrogens with two attached hydrogens (primary N) is 1. The normalized spacial score (nSPS) is 16.9. The second-order valence-electron chi connectivity index (χ2n) is 6.71. The molecule has 1 aliphatic rings. The van der Waals surface area contributed by atoms with Crippen molar-refractivity contribution in [2.75, 3.05) is 18.0 Å². The molecule has 1 fully saturated rings. The second kappa shape index (κ2) is 7.30. The van der Waals surface area contributed by atoms with Crippen LogP contribution in [0, 0.1) is 5.82 Å². The predicted molar refractivity (Wildman–Crippen MR) is 103 cm³/mol. The maximum atomic E-state index is 13.3. The Hall–Kier alpha value is -3.42. The van der Waals surface area contributed by atoms with Gasteiger partial charge in [0, 0.05) is 11.9 Å². The highest BCUT2D eigenvalue weighted by molar-refractivity contribution is 5.91. The summed E-state index contributed by atoms with van der Waals surface area (Å²) >= 11 is 0. The molecule has 2 N–H and O–H groups in total. The molecular weight excluding hydrogens is 363 g/mol. The van der Waals surface area contributed by atoms with Crippen LogP contribution < -0.4 is 16.2 Å². The maximum absolute atomic E-state index is 13.3. The van der Waals surface area contributed by atoms with E-state index < -0.39 is 6.09 Å². The van der Waals surface area contributed by atoms with Crippen LogP contribution in [-0.4, -0.2) is 35.1 Å². The van der Waals surface area contributed by atoms with Crippen molar-refractivity contribution in [2.45, 2.75) is 18.9 Å².